The normalized spacial score (nSPS) is 23.0. The molecule has 1 amide bonds. The lowest BCUT2D eigenvalue weighted by Crippen LogP contribution is -2.44. The summed E-state index contributed by atoms with van der Waals surface area (Å²) in [6.07, 6.45) is 5.59. The summed E-state index contributed by atoms with van der Waals surface area (Å²) in [6, 6.07) is 3.62. The largest absolute Gasteiger partial charge is 0.391 e. The molecule has 2 atom stereocenters. The summed E-state index contributed by atoms with van der Waals surface area (Å²) in [5.74, 6) is -0.180. The van der Waals surface area contributed by atoms with Crippen LogP contribution in [0, 0.1) is 6.92 Å². The Hall–Kier alpha value is -1.46. The van der Waals surface area contributed by atoms with Crippen molar-refractivity contribution < 1.29 is 9.90 Å². The van der Waals surface area contributed by atoms with Gasteiger partial charge in [-0.05, 0) is 42.8 Å². The van der Waals surface area contributed by atoms with E-state index < -0.39 is 6.10 Å². The standard InChI is InChI=1S/C17H22N2O2S/c1-11-10-14(18-13-8-9-22-16(11)13)17(21)19-12-6-4-2-3-5-7-15(12)20/h8-10,12,15,20H,2-7H2,1H3,(H,19,21). The van der Waals surface area contributed by atoms with Gasteiger partial charge in [0, 0.05) is 0 Å². The van der Waals surface area contributed by atoms with Gasteiger partial charge in [-0.3, -0.25) is 4.79 Å². The second kappa shape index (κ2) is 6.75. The lowest BCUT2D eigenvalue weighted by Gasteiger charge is -2.26. The van der Waals surface area contributed by atoms with Crippen LogP contribution >= 0.6 is 11.3 Å². The summed E-state index contributed by atoms with van der Waals surface area (Å²) in [6.45, 7) is 2.00. The van der Waals surface area contributed by atoms with Gasteiger partial charge in [-0.15, -0.1) is 11.3 Å². The lowest BCUT2D eigenvalue weighted by molar-refractivity contribution is 0.0767. The molecule has 0 bridgehead atoms. The number of hydrogen-bond acceptors (Lipinski definition) is 4. The monoisotopic (exact) mass is 318 g/mol. The van der Waals surface area contributed by atoms with Crippen LogP contribution in [0.3, 0.4) is 0 Å². The molecule has 1 aliphatic carbocycles. The van der Waals surface area contributed by atoms with Crippen molar-refractivity contribution in [1.29, 1.82) is 0 Å². The summed E-state index contributed by atoms with van der Waals surface area (Å²) in [7, 11) is 0. The Morgan fingerprint density at radius 1 is 1.32 bits per heavy atom. The van der Waals surface area contributed by atoms with Crippen molar-refractivity contribution in [2.24, 2.45) is 0 Å². The number of aromatic nitrogens is 1. The third-order valence-electron chi connectivity index (χ3n) is 4.38. The van der Waals surface area contributed by atoms with E-state index in [-0.39, 0.29) is 11.9 Å². The van der Waals surface area contributed by atoms with Crippen molar-refractivity contribution in [1.82, 2.24) is 10.3 Å². The van der Waals surface area contributed by atoms with E-state index in [1.54, 1.807) is 11.3 Å². The second-order valence-electron chi connectivity index (χ2n) is 6.10. The smallest absolute Gasteiger partial charge is 0.270 e. The van der Waals surface area contributed by atoms with Gasteiger partial charge >= 0.3 is 0 Å². The zero-order valence-electron chi connectivity index (χ0n) is 12.8. The number of carbonyl (C=O) groups is 1. The number of rotatable bonds is 2. The predicted molar refractivity (Wildman–Crippen MR) is 89.3 cm³/mol. The Balaban J connectivity index is 1.76. The van der Waals surface area contributed by atoms with Crippen LogP contribution in [-0.4, -0.2) is 28.1 Å². The van der Waals surface area contributed by atoms with Crippen molar-refractivity contribution in [3.63, 3.8) is 0 Å². The quantitative estimate of drug-likeness (QED) is 0.892. The zero-order valence-corrected chi connectivity index (χ0v) is 13.7. The second-order valence-corrected chi connectivity index (χ2v) is 7.01. The van der Waals surface area contributed by atoms with E-state index in [1.165, 1.54) is 12.8 Å². The average molecular weight is 318 g/mol. The van der Waals surface area contributed by atoms with E-state index in [0.29, 0.717) is 5.69 Å². The molecule has 0 aliphatic heterocycles. The molecule has 1 saturated carbocycles. The fourth-order valence-corrected chi connectivity index (χ4v) is 3.92. The van der Waals surface area contributed by atoms with Crippen LogP contribution in [0.15, 0.2) is 17.5 Å². The van der Waals surface area contributed by atoms with Gasteiger partial charge < -0.3 is 10.4 Å². The van der Waals surface area contributed by atoms with Gasteiger partial charge in [0.1, 0.15) is 5.69 Å². The Kier molecular flexibility index (Phi) is 4.74. The molecule has 1 aliphatic rings. The fraction of sp³-hybridized carbons (Fsp3) is 0.529. The minimum Gasteiger partial charge on any atom is -0.391 e. The van der Waals surface area contributed by atoms with Gasteiger partial charge in [-0.2, -0.15) is 0 Å². The van der Waals surface area contributed by atoms with Crippen molar-refractivity contribution in [2.45, 2.75) is 57.6 Å². The highest BCUT2D eigenvalue weighted by atomic mass is 32.1. The summed E-state index contributed by atoms with van der Waals surface area (Å²) < 4.78 is 1.13. The lowest BCUT2D eigenvalue weighted by atomic mass is 9.94. The predicted octanol–water partition coefficient (Wildman–Crippen LogP) is 3.42. The Morgan fingerprint density at radius 2 is 2.09 bits per heavy atom. The maximum absolute atomic E-state index is 12.5. The molecule has 2 aromatic rings. The highest BCUT2D eigenvalue weighted by Crippen LogP contribution is 2.24. The van der Waals surface area contributed by atoms with Crippen LogP contribution in [0.4, 0.5) is 0 Å². The molecule has 0 aromatic carbocycles. The first-order valence-corrected chi connectivity index (χ1v) is 8.87. The number of carbonyl (C=O) groups excluding carboxylic acids is 1. The number of aliphatic hydroxyl groups excluding tert-OH is 1. The molecule has 22 heavy (non-hydrogen) atoms. The van der Waals surface area contributed by atoms with Crippen molar-refractivity contribution in [2.75, 3.05) is 0 Å². The first kappa shape index (κ1) is 15.4. The van der Waals surface area contributed by atoms with Crippen LogP contribution in [0.1, 0.15) is 54.6 Å². The SMILES string of the molecule is Cc1cc(C(=O)NC2CCCCCCC2O)nc2ccsc12. The topological polar surface area (TPSA) is 62.2 Å². The number of hydrogen-bond donors (Lipinski definition) is 2. The summed E-state index contributed by atoms with van der Waals surface area (Å²) in [4.78, 5) is 16.9. The number of nitrogens with zero attached hydrogens (tertiary/aromatic N) is 1. The Labute approximate surface area is 134 Å². The maximum Gasteiger partial charge on any atom is 0.270 e. The summed E-state index contributed by atoms with van der Waals surface area (Å²) in [5.41, 5.74) is 2.38. The van der Waals surface area contributed by atoms with E-state index in [1.807, 2.05) is 24.4 Å². The van der Waals surface area contributed by atoms with Crippen LogP contribution in [0.5, 0.6) is 0 Å². The van der Waals surface area contributed by atoms with E-state index in [2.05, 4.69) is 10.3 Å². The van der Waals surface area contributed by atoms with E-state index in [4.69, 9.17) is 0 Å². The van der Waals surface area contributed by atoms with Gasteiger partial charge in [0.05, 0.1) is 22.4 Å². The number of aryl methyl sites for hydroxylation is 1. The van der Waals surface area contributed by atoms with Crippen molar-refractivity contribution in [3.8, 4) is 0 Å². The molecular formula is C17H22N2O2S. The summed E-state index contributed by atoms with van der Waals surface area (Å²) in [5, 5.41) is 15.2. The van der Waals surface area contributed by atoms with Crippen LogP contribution in [-0.2, 0) is 0 Å². The number of pyridine rings is 1. The van der Waals surface area contributed by atoms with Gasteiger partial charge in [-0.25, -0.2) is 4.98 Å². The van der Waals surface area contributed by atoms with Gasteiger partial charge in [0.2, 0.25) is 0 Å². The third kappa shape index (κ3) is 3.31. The zero-order chi connectivity index (χ0) is 15.5. The molecule has 118 valence electrons. The minimum absolute atomic E-state index is 0.159. The van der Waals surface area contributed by atoms with Gasteiger partial charge in [-0.1, -0.05) is 25.7 Å². The molecule has 0 spiro atoms. The highest BCUT2D eigenvalue weighted by molar-refractivity contribution is 7.17. The minimum atomic E-state index is -0.449. The average Bonchev–Trinajstić information content (AvgIpc) is 2.96. The number of nitrogens with one attached hydrogen (secondary N) is 1. The first-order chi connectivity index (χ1) is 10.6. The number of amides is 1. The molecular weight excluding hydrogens is 296 g/mol. The molecule has 4 nitrogen and oxygen atoms in total. The molecule has 0 saturated heterocycles. The van der Waals surface area contributed by atoms with Crippen LogP contribution < -0.4 is 5.32 Å². The van der Waals surface area contributed by atoms with Crippen molar-refractivity contribution >= 4 is 27.5 Å². The molecule has 0 radical (unpaired) electrons. The maximum atomic E-state index is 12.5. The van der Waals surface area contributed by atoms with E-state index in [9.17, 15) is 9.90 Å². The molecule has 1 fully saturated rings. The molecule has 3 rings (SSSR count). The van der Waals surface area contributed by atoms with E-state index >= 15 is 0 Å². The molecule has 2 aromatic heterocycles. The molecule has 2 N–H and O–H groups in total. The molecule has 5 heteroatoms. The number of thiophene rings is 1. The van der Waals surface area contributed by atoms with Gasteiger partial charge in [0.15, 0.2) is 0 Å². The van der Waals surface area contributed by atoms with Crippen LogP contribution in [0.2, 0.25) is 0 Å². The summed E-state index contributed by atoms with van der Waals surface area (Å²) >= 11 is 1.64. The van der Waals surface area contributed by atoms with Crippen LogP contribution in [0.25, 0.3) is 10.2 Å². The van der Waals surface area contributed by atoms with Crippen molar-refractivity contribution in [3.05, 3.63) is 28.8 Å². The number of fused-ring (bicyclic) bond motifs is 1. The van der Waals surface area contributed by atoms with E-state index in [0.717, 1.165) is 41.5 Å². The Morgan fingerprint density at radius 3 is 2.91 bits per heavy atom. The molecule has 2 heterocycles. The fourth-order valence-electron chi connectivity index (χ4n) is 3.11. The third-order valence-corrected chi connectivity index (χ3v) is 5.41. The van der Waals surface area contributed by atoms with Gasteiger partial charge in [0.25, 0.3) is 5.91 Å². The first-order valence-electron chi connectivity index (χ1n) is 7.99. The highest BCUT2D eigenvalue weighted by Gasteiger charge is 2.23. The molecule has 2 unspecified atom stereocenters. The Bertz CT molecular complexity index is 668. The number of aliphatic hydroxyl groups is 1.